The Hall–Kier alpha value is -0.730. The molecule has 2 aliphatic heterocycles. The van der Waals surface area contributed by atoms with Crippen molar-refractivity contribution in [3.05, 3.63) is 0 Å². The lowest BCUT2D eigenvalue weighted by molar-refractivity contribution is 0.142. The number of cyclic esters (lactones) is 1. The van der Waals surface area contributed by atoms with Gasteiger partial charge < -0.3 is 9.64 Å². The van der Waals surface area contributed by atoms with Crippen LogP contribution < -0.4 is 0 Å². The van der Waals surface area contributed by atoms with E-state index in [9.17, 15) is 4.79 Å². The molecule has 3 rings (SSSR count). The zero-order chi connectivity index (χ0) is 7.42. The van der Waals surface area contributed by atoms with Crippen LogP contribution in [-0.4, -0.2) is 30.2 Å². The van der Waals surface area contributed by atoms with E-state index in [-0.39, 0.29) is 6.09 Å². The van der Waals surface area contributed by atoms with Crippen molar-refractivity contribution >= 4 is 6.09 Å². The Morgan fingerprint density at radius 3 is 3.09 bits per heavy atom. The summed E-state index contributed by atoms with van der Waals surface area (Å²) in [6.07, 6.45) is 2.55. The summed E-state index contributed by atoms with van der Waals surface area (Å²) >= 11 is 0. The molecule has 0 unspecified atom stereocenters. The minimum Gasteiger partial charge on any atom is -0.447 e. The van der Waals surface area contributed by atoms with Crippen molar-refractivity contribution < 1.29 is 9.53 Å². The van der Waals surface area contributed by atoms with Crippen LogP contribution in [0.15, 0.2) is 0 Å². The van der Waals surface area contributed by atoms with Crippen molar-refractivity contribution in [2.24, 2.45) is 11.8 Å². The zero-order valence-corrected chi connectivity index (χ0v) is 6.32. The number of rotatable bonds is 0. The van der Waals surface area contributed by atoms with Gasteiger partial charge in [0.15, 0.2) is 0 Å². The zero-order valence-electron chi connectivity index (χ0n) is 6.32. The van der Waals surface area contributed by atoms with Crippen LogP contribution in [0.2, 0.25) is 0 Å². The van der Waals surface area contributed by atoms with Gasteiger partial charge in [-0.25, -0.2) is 4.79 Å². The first kappa shape index (κ1) is 5.86. The van der Waals surface area contributed by atoms with Gasteiger partial charge in [-0.15, -0.1) is 0 Å². The molecule has 0 aromatic carbocycles. The van der Waals surface area contributed by atoms with E-state index in [1.165, 1.54) is 12.8 Å². The van der Waals surface area contributed by atoms with Gasteiger partial charge in [-0.3, -0.25) is 0 Å². The first-order chi connectivity index (χ1) is 5.36. The van der Waals surface area contributed by atoms with E-state index in [2.05, 4.69) is 0 Å². The summed E-state index contributed by atoms with van der Waals surface area (Å²) < 4.78 is 4.96. The molecule has 3 nitrogen and oxygen atoms in total. The van der Waals surface area contributed by atoms with Gasteiger partial charge in [0.2, 0.25) is 0 Å². The van der Waals surface area contributed by atoms with E-state index < -0.39 is 0 Å². The monoisotopic (exact) mass is 153 g/mol. The Kier molecular flexibility index (Phi) is 0.910. The third-order valence-electron chi connectivity index (χ3n) is 3.41. The highest BCUT2D eigenvalue weighted by Crippen LogP contribution is 2.46. The molecular weight excluding hydrogens is 142 g/mol. The van der Waals surface area contributed by atoms with E-state index in [4.69, 9.17) is 4.74 Å². The Bertz CT molecular complexity index is 216. The summed E-state index contributed by atoms with van der Waals surface area (Å²) in [5, 5.41) is 0. The highest BCUT2D eigenvalue weighted by molar-refractivity contribution is 5.70. The molecule has 0 aromatic heterocycles. The lowest BCUT2D eigenvalue weighted by Crippen LogP contribution is -2.32. The summed E-state index contributed by atoms with van der Waals surface area (Å²) in [5.74, 6) is 1.59. The first-order valence-corrected chi connectivity index (χ1v) is 4.29. The maximum atomic E-state index is 11.1. The highest BCUT2D eigenvalue weighted by atomic mass is 16.6. The number of hydrogen-bond acceptors (Lipinski definition) is 2. The predicted octanol–water partition coefficient (Wildman–Crippen LogP) is 0.847. The molecular formula is C8H11NO2. The molecule has 1 saturated carbocycles. The lowest BCUT2D eigenvalue weighted by atomic mass is 9.73. The van der Waals surface area contributed by atoms with Crippen molar-refractivity contribution in [1.29, 1.82) is 0 Å². The van der Waals surface area contributed by atoms with E-state index >= 15 is 0 Å². The standard InChI is InChI=1S/C8H11NO2/c10-8-9-3-5-1-2-6(5)7(9)4-11-8/h5-7H,1-4H2/t5-,6-,7+/m1/s1. The second-order valence-corrected chi connectivity index (χ2v) is 3.80. The number of nitrogens with zero attached hydrogens (tertiary/aromatic N) is 1. The molecule has 0 N–H and O–H groups in total. The maximum Gasteiger partial charge on any atom is 0.410 e. The number of amides is 1. The van der Waals surface area contributed by atoms with Crippen LogP contribution >= 0.6 is 0 Å². The molecule has 2 saturated heterocycles. The number of carbonyl (C=O) groups is 1. The average molecular weight is 153 g/mol. The molecule has 0 radical (unpaired) electrons. The summed E-state index contributed by atoms with van der Waals surface area (Å²) in [5.41, 5.74) is 0. The van der Waals surface area contributed by atoms with Gasteiger partial charge in [0, 0.05) is 6.54 Å². The lowest BCUT2D eigenvalue weighted by Gasteiger charge is -2.31. The van der Waals surface area contributed by atoms with Crippen LogP contribution in [0.5, 0.6) is 0 Å². The molecule has 3 fully saturated rings. The molecule has 0 spiro atoms. The SMILES string of the molecule is O=C1OC[C@H]2[C@@H]3CC[C@@H]3CN12. The van der Waals surface area contributed by atoms with E-state index in [1.54, 1.807) is 0 Å². The molecule has 11 heavy (non-hydrogen) atoms. The second-order valence-electron chi connectivity index (χ2n) is 3.80. The van der Waals surface area contributed by atoms with Gasteiger partial charge in [-0.1, -0.05) is 0 Å². The molecule has 3 aliphatic rings. The number of fused-ring (bicyclic) bond motifs is 3. The summed E-state index contributed by atoms with van der Waals surface area (Å²) in [6, 6.07) is 0.446. The predicted molar refractivity (Wildman–Crippen MR) is 38.1 cm³/mol. The number of ether oxygens (including phenoxy) is 1. The quantitative estimate of drug-likeness (QED) is 0.516. The van der Waals surface area contributed by atoms with Crippen LogP contribution in [0.1, 0.15) is 12.8 Å². The van der Waals surface area contributed by atoms with Crippen LogP contribution in [0, 0.1) is 11.8 Å². The third-order valence-corrected chi connectivity index (χ3v) is 3.41. The van der Waals surface area contributed by atoms with Gasteiger partial charge >= 0.3 is 6.09 Å². The molecule has 0 bridgehead atoms. The van der Waals surface area contributed by atoms with Gasteiger partial charge in [0.05, 0.1) is 6.04 Å². The molecule has 1 amide bonds. The second kappa shape index (κ2) is 1.71. The first-order valence-electron chi connectivity index (χ1n) is 4.29. The molecule has 2 heterocycles. The third kappa shape index (κ3) is 0.572. The van der Waals surface area contributed by atoms with Crippen molar-refractivity contribution in [1.82, 2.24) is 4.90 Å². The fourth-order valence-electron chi connectivity index (χ4n) is 2.61. The fraction of sp³-hybridized carbons (Fsp3) is 0.875. The minimum absolute atomic E-state index is 0.0793. The molecule has 0 aromatic rings. The summed E-state index contributed by atoms with van der Waals surface area (Å²) in [7, 11) is 0. The molecule has 3 heteroatoms. The van der Waals surface area contributed by atoms with Crippen LogP contribution in [-0.2, 0) is 4.74 Å². The van der Waals surface area contributed by atoms with Gasteiger partial charge in [0.25, 0.3) is 0 Å². The van der Waals surface area contributed by atoms with Crippen LogP contribution in [0.4, 0.5) is 4.79 Å². The fourth-order valence-corrected chi connectivity index (χ4v) is 2.61. The smallest absolute Gasteiger partial charge is 0.410 e. The van der Waals surface area contributed by atoms with Gasteiger partial charge in [0.1, 0.15) is 6.61 Å². The minimum atomic E-state index is -0.0793. The van der Waals surface area contributed by atoms with E-state index in [1.807, 2.05) is 4.90 Å². The van der Waals surface area contributed by atoms with Crippen molar-refractivity contribution in [2.45, 2.75) is 18.9 Å². The largest absolute Gasteiger partial charge is 0.447 e. The van der Waals surface area contributed by atoms with Crippen LogP contribution in [0.3, 0.4) is 0 Å². The summed E-state index contributed by atoms with van der Waals surface area (Å²) in [6.45, 7) is 1.62. The van der Waals surface area contributed by atoms with Crippen molar-refractivity contribution in [3.63, 3.8) is 0 Å². The van der Waals surface area contributed by atoms with Crippen molar-refractivity contribution in [2.75, 3.05) is 13.2 Å². The van der Waals surface area contributed by atoms with Gasteiger partial charge in [-0.05, 0) is 24.7 Å². The summed E-state index contributed by atoms with van der Waals surface area (Å²) in [4.78, 5) is 13.0. The highest BCUT2D eigenvalue weighted by Gasteiger charge is 2.52. The number of carbonyl (C=O) groups excluding carboxylic acids is 1. The normalized spacial score (nSPS) is 46.4. The van der Waals surface area contributed by atoms with Crippen molar-refractivity contribution in [3.8, 4) is 0 Å². The Balaban J connectivity index is 1.89. The maximum absolute atomic E-state index is 11.1. The number of hydrogen-bond donors (Lipinski definition) is 0. The van der Waals surface area contributed by atoms with Gasteiger partial charge in [-0.2, -0.15) is 0 Å². The van der Waals surface area contributed by atoms with E-state index in [0.29, 0.717) is 12.6 Å². The molecule has 60 valence electrons. The molecule has 3 atom stereocenters. The Labute approximate surface area is 65.3 Å². The van der Waals surface area contributed by atoms with Crippen LogP contribution in [0.25, 0.3) is 0 Å². The molecule has 1 aliphatic carbocycles. The van der Waals surface area contributed by atoms with E-state index in [0.717, 1.165) is 18.4 Å². The average Bonchev–Trinajstić information content (AvgIpc) is 2.36. The topological polar surface area (TPSA) is 29.5 Å². The Morgan fingerprint density at radius 1 is 1.45 bits per heavy atom. The Morgan fingerprint density at radius 2 is 2.36 bits per heavy atom.